The minimum atomic E-state index is 0. The molecular weight excluding hydrogens is 258 g/mol. The van der Waals surface area contributed by atoms with Gasteiger partial charge in [-0.05, 0) is 56.2 Å². The summed E-state index contributed by atoms with van der Waals surface area (Å²) in [6, 6.07) is 7.41. The van der Waals surface area contributed by atoms with Crippen molar-refractivity contribution < 1.29 is 4.74 Å². The fourth-order valence-corrected chi connectivity index (χ4v) is 5.40. The van der Waals surface area contributed by atoms with E-state index in [9.17, 15) is 0 Å². The molecule has 2 aliphatic heterocycles. The topological polar surface area (TPSA) is 21.3 Å². The van der Waals surface area contributed by atoms with E-state index in [1.165, 1.54) is 44.4 Å². The summed E-state index contributed by atoms with van der Waals surface area (Å²) in [5.74, 6) is 2.03. The predicted octanol–water partition coefficient (Wildman–Crippen LogP) is 2.83. The quantitative estimate of drug-likeness (QED) is 0.787. The van der Waals surface area contributed by atoms with Crippen LogP contribution < -0.4 is 10.1 Å². The molecule has 0 amide bonds. The Morgan fingerprint density at radius 2 is 2.21 bits per heavy atom. The molecule has 3 heteroatoms. The summed E-state index contributed by atoms with van der Waals surface area (Å²) in [5, 5.41) is 3.77. The average Bonchev–Trinajstić information content (AvgIpc) is 2.70. The number of hydrogen-bond donors (Lipinski definition) is 1. The smallest absolute Gasteiger partial charge is 0.123 e. The molecule has 1 saturated carbocycles. The fourth-order valence-electron chi connectivity index (χ4n) is 5.40. The highest BCUT2D eigenvalue weighted by atomic mass is 35.5. The molecule has 5 rings (SSSR count). The van der Waals surface area contributed by atoms with Gasteiger partial charge in [0.1, 0.15) is 11.9 Å². The van der Waals surface area contributed by atoms with E-state index >= 15 is 0 Å². The first kappa shape index (κ1) is 12.0. The Hall–Kier alpha value is -0.730. The molecule has 102 valence electrons. The van der Waals surface area contributed by atoms with Gasteiger partial charge in [-0.1, -0.05) is 12.1 Å². The van der Waals surface area contributed by atoms with E-state index in [-0.39, 0.29) is 12.4 Å². The summed E-state index contributed by atoms with van der Waals surface area (Å²) < 4.78 is 6.35. The van der Waals surface area contributed by atoms with Crippen molar-refractivity contribution in [2.75, 3.05) is 6.54 Å². The molecule has 2 aliphatic carbocycles. The number of benzene rings is 1. The molecule has 2 fully saturated rings. The van der Waals surface area contributed by atoms with Crippen LogP contribution in [0, 0.1) is 5.92 Å². The van der Waals surface area contributed by atoms with E-state index < -0.39 is 0 Å². The van der Waals surface area contributed by atoms with Gasteiger partial charge in [-0.2, -0.15) is 0 Å². The van der Waals surface area contributed by atoms with Gasteiger partial charge in [0.25, 0.3) is 0 Å². The Labute approximate surface area is 120 Å². The lowest BCUT2D eigenvalue weighted by Crippen LogP contribution is -2.63. The number of nitrogens with one attached hydrogen (secondary N) is 1. The van der Waals surface area contributed by atoms with Gasteiger partial charge in [0, 0.05) is 17.0 Å². The Morgan fingerprint density at radius 1 is 1.26 bits per heavy atom. The molecule has 4 aliphatic rings. The summed E-state index contributed by atoms with van der Waals surface area (Å²) in [6.45, 7) is 1.18. The first-order valence-electron chi connectivity index (χ1n) is 7.42. The van der Waals surface area contributed by atoms with Crippen LogP contribution in [0.15, 0.2) is 18.2 Å². The second kappa shape index (κ2) is 3.89. The number of rotatable bonds is 0. The first-order chi connectivity index (χ1) is 8.89. The molecule has 0 radical (unpaired) electrons. The molecule has 4 atom stereocenters. The van der Waals surface area contributed by atoms with Crippen LogP contribution in [0.5, 0.6) is 5.75 Å². The SMILES string of the molecule is Cl.c1cc2c3c(c1)O[C@H]1CCC[C@H]4[C@@H](C2)NCC[C@]314. The Kier molecular flexibility index (Phi) is 2.47. The van der Waals surface area contributed by atoms with Crippen LogP contribution >= 0.6 is 12.4 Å². The molecule has 2 nitrogen and oxygen atoms in total. The van der Waals surface area contributed by atoms with Gasteiger partial charge in [-0.25, -0.2) is 0 Å². The molecule has 1 spiro atoms. The predicted molar refractivity (Wildman–Crippen MR) is 77.2 cm³/mol. The molecule has 1 aromatic carbocycles. The molecular formula is C16H20ClNO. The molecule has 1 saturated heterocycles. The van der Waals surface area contributed by atoms with Crippen molar-refractivity contribution in [1.29, 1.82) is 0 Å². The summed E-state index contributed by atoms with van der Waals surface area (Å²) in [4.78, 5) is 0. The highest BCUT2D eigenvalue weighted by molar-refractivity contribution is 5.85. The van der Waals surface area contributed by atoms with E-state index in [0.29, 0.717) is 17.6 Å². The summed E-state index contributed by atoms with van der Waals surface area (Å²) in [6.07, 6.45) is 6.97. The van der Waals surface area contributed by atoms with Gasteiger partial charge in [-0.15, -0.1) is 12.4 Å². The molecule has 19 heavy (non-hydrogen) atoms. The number of ether oxygens (including phenoxy) is 1. The third-order valence-electron chi connectivity index (χ3n) is 5.94. The average molecular weight is 278 g/mol. The normalized spacial score (nSPS) is 40.9. The van der Waals surface area contributed by atoms with Crippen molar-refractivity contribution in [2.24, 2.45) is 5.92 Å². The maximum atomic E-state index is 6.35. The van der Waals surface area contributed by atoms with Crippen molar-refractivity contribution in [3.8, 4) is 5.75 Å². The van der Waals surface area contributed by atoms with Crippen LogP contribution in [-0.2, 0) is 11.8 Å². The minimum absolute atomic E-state index is 0. The maximum Gasteiger partial charge on any atom is 0.123 e. The van der Waals surface area contributed by atoms with Crippen LogP contribution in [-0.4, -0.2) is 18.7 Å². The molecule has 0 aromatic heterocycles. The highest BCUT2D eigenvalue weighted by Gasteiger charge is 2.61. The zero-order valence-corrected chi connectivity index (χ0v) is 11.8. The van der Waals surface area contributed by atoms with Gasteiger partial charge < -0.3 is 10.1 Å². The van der Waals surface area contributed by atoms with Crippen LogP contribution in [0.25, 0.3) is 0 Å². The van der Waals surface area contributed by atoms with Crippen LogP contribution in [0.1, 0.15) is 36.8 Å². The Bertz CT molecular complexity index is 531. The van der Waals surface area contributed by atoms with Crippen molar-refractivity contribution in [3.63, 3.8) is 0 Å². The van der Waals surface area contributed by atoms with Crippen LogP contribution in [0.3, 0.4) is 0 Å². The molecule has 1 aromatic rings. The second-order valence-electron chi connectivity index (χ2n) is 6.49. The van der Waals surface area contributed by atoms with Crippen molar-refractivity contribution in [3.05, 3.63) is 29.3 Å². The Balaban J connectivity index is 0.000000968. The van der Waals surface area contributed by atoms with Gasteiger partial charge in [0.2, 0.25) is 0 Å². The van der Waals surface area contributed by atoms with Crippen molar-refractivity contribution in [1.82, 2.24) is 5.32 Å². The lowest BCUT2D eigenvalue weighted by molar-refractivity contribution is 0.00338. The maximum absolute atomic E-state index is 6.35. The van der Waals surface area contributed by atoms with Crippen molar-refractivity contribution in [2.45, 2.75) is 49.7 Å². The largest absolute Gasteiger partial charge is 0.489 e. The fraction of sp³-hybridized carbons (Fsp3) is 0.625. The highest BCUT2D eigenvalue weighted by Crippen LogP contribution is 2.60. The third-order valence-corrected chi connectivity index (χ3v) is 5.94. The number of hydrogen-bond acceptors (Lipinski definition) is 2. The molecule has 2 heterocycles. The zero-order chi connectivity index (χ0) is 11.7. The van der Waals surface area contributed by atoms with Crippen LogP contribution in [0.4, 0.5) is 0 Å². The van der Waals surface area contributed by atoms with E-state index in [2.05, 4.69) is 23.5 Å². The van der Waals surface area contributed by atoms with E-state index in [4.69, 9.17) is 4.74 Å². The summed E-state index contributed by atoms with van der Waals surface area (Å²) in [5.41, 5.74) is 3.54. The van der Waals surface area contributed by atoms with Crippen LogP contribution in [0.2, 0.25) is 0 Å². The standard InChI is InChI=1S/C16H19NO.ClH/c1-3-10-9-12-11-4-2-6-14-16(11,7-8-17-12)15(10)13(5-1)18-14;/h1,3,5,11-12,14,17H,2,4,6-9H2;1H/t11-,12+,14-,16+;/m0./s1. The lowest BCUT2D eigenvalue weighted by atomic mass is 9.52. The van der Waals surface area contributed by atoms with Crippen molar-refractivity contribution >= 4 is 12.4 Å². The molecule has 2 bridgehead atoms. The molecule has 0 unspecified atom stereocenters. The lowest BCUT2D eigenvalue weighted by Gasteiger charge is -2.55. The van der Waals surface area contributed by atoms with Gasteiger partial charge in [0.15, 0.2) is 0 Å². The van der Waals surface area contributed by atoms with Gasteiger partial charge >= 0.3 is 0 Å². The Morgan fingerprint density at radius 3 is 3.16 bits per heavy atom. The summed E-state index contributed by atoms with van der Waals surface area (Å²) in [7, 11) is 0. The van der Waals surface area contributed by atoms with Gasteiger partial charge in [-0.3, -0.25) is 0 Å². The van der Waals surface area contributed by atoms with E-state index in [1.807, 2.05) is 0 Å². The third kappa shape index (κ3) is 1.27. The number of halogens is 1. The monoisotopic (exact) mass is 277 g/mol. The molecule has 1 N–H and O–H groups in total. The minimum Gasteiger partial charge on any atom is -0.489 e. The summed E-state index contributed by atoms with van der Waals surface area (Å²) >= 11 is 0. The zero-order valence-electron chi connectivity index (χ0n) is 11.0. The number of piperidine rings is 1. The van der Waals surface area contributed by atoms with E-state index in [0.717, 1.165) is 5.92 Å². The van der Waals surface area contributed by atoms with Gasteiger partial charge in [0.05, 0.1) is 0 Å². The first-order valence-corrected chi connectivity index (χ1v) is 7.42. The second-order valence-corrected chi connectivity index (χ2v) is 6.49. The van der Waals surface area contributed by atoms with E-state index in [1.54, 1.807) is 11.1 Å².